The highest BCUT2D eigenvalue weighted by molar-refractivity contribution is 7.91. The minimum absolute atomic E-state index is 0.0125. The Kier molecular flexibility index (Phi) is 6.65. The lowest BCUT2D eigenvalue weighted by molar-refractivity contribution is -0.137. The molecule has 1 atom stereocenters. The Morgan fingerprint density at radius 2 is 1.79 bits per heavy atom. The van der Waals surface area contributed by atoms with Crippen LogP contribution in [-0.4, -0.2) is 50.4 Å². The van der Waals surface area contributed by atoms with Gasteiger partial charge in [0, 0.05) is 18.8 Å². The molecular weight excluding hydrogens is 347 g/mol. The predicted octanol–water partition coefficient (Wildman–Crippen LogP) is 2.37. The molecule has 0 spiro atoms. The number of benzene rings is 1. The molecule has 0 N–H and O–H groups in total. The second-order valence-corrected chi connectivity index (χ2v) is 7.76. The normalized spacial score (nSPS) is 13.4. The van der Waals surface area contributed by atoms with Crippen LogP contribution >= 0.6 is 0 Å². The van der Waals surface area contributed by atoms with E-state index in [1.807, 2.05) is 0 Å². The van der Waals surface area contributed by atoms with Crippen molar-refractivity contribution in [3.63, 3.8) is 0 Å². The van der Waals surface area contributed by atoms with Crippen LogP contribution in [0.5, 0.6) is 5.75 Å². The van der Waals surface area contributed by atoms with Crippen molar-refractivity contribution in [1.82, 2.24) is 4.90 Å². The van der Waals surface area contributed by atoms with E-state index in [1.54, 1.807) is 6.92 Å². The highest BCUT2D eigenvalue weighted by Gasteiger charge is 2.30. The van der Waals surface area contributed by atoms with Gasteiger partial charge in [0.05, 0.1) is 11.3 Å². The van der Waals surface area contributed by atoms with Gasteiger partial charge < -0.3 is 9.64 Å². The lowest BCUT2D eigenvalue weighted by Crippen LogP contribution is -2.42. The summed E-state index contributed by atoms with van der Waals surface area (Å²) in [5, 5.41) is 0. The summed E-state index contributed by atoms with van der Waals surface area (Å²) in [6, 6.07) is 3.45. The highest BCUT2D eigenvalue weighted by Crippen LogP contribution is 2.30. The number of sulfone groups is 1. The zero-order valence-electron chi connectivity index (χ0n) is 13.6. The molecule has 0 aliphatic heterocycles. The first-order valence-electron chi connectivity index (χ1n) is 7.22. The van der Waals surface area contributed by atoms with E-state index in [4.69, 9.17) is 4.74 Å². The van der Waals surface area contributed by atoms with Gasteiger partial charge in [-0.25, -0.2) is 8.42 Å². The third-order valence-corrected chi connectivity index (χ3v) is 5.40. The Morgan fingerprint density at radius 3 is 2.25 bits per heavy atom. The van der Waals surface area contributed by atoms with Crippen LogP contribution in [-0.2, 0) is 20.8 Å². The van der Waals surface area contributed by atoms with Gasteiger partial charge in [-0.3, -0.25) is 4.79 Å². The predicted molar refractivity (Wildman–Crippen MR) is 83.5 cm³/mol. The van der Waals surface area contributed by atoms with Crippen molar-refractivity contribution < 1.29 is 31.1 Å². The van der Waals surface area contributed by atoms with E-state index < -0.39 is 40.1 Å². The number of hydrogen-bond donors (Lipinski definition) is 0. The maximum absolute atomic E-state index is 12.4. The molecule has 0 saturated heterocycles. The van der Waals surface area contributed by atoms with E-state index in [1.165, 1.54) is 18.9 Å². The number of rotatable bonds is 7. The largest absolute Gasteiger partial charge is 0.484 e. The lowest BCUT2D eigenvalue weighted by Gasteiger charge is -2.24. The molecule has 9 heteroatoms. The Bertz CT molecular complexity index is 656. The number of amides is 1. The van der Waals surface area contributed by atoms with Gasteiger partial charge in [-0.1, -0.05) is 6.92 Å². The first-order valence-corrected chi connectivity index (χ1v) is 9.04. The van der Waals surface area contributed by atoms with Crippen molar-refractivity contribution in [1.29, 1.82) is 0 Å². The van der Waals surface area contributed by atoms with Crippen LogP contribution in [0.4, 0.5) is 13.2 Å². The van der Waals surface area contributed by atoms with E-state index in [-0.39, 0.29) is 17.3 Å². The number of carbonyl (C=O) groups is 1. The SMILES string of the molecule is CCS(=O)(=O)C[C@@H](C)N(C)C(=O)COc1ccc(C(F)(F)F)cc1. The average Bonchev–Trinajstić information content (AvgIpc) is 2.51. The number of halogens is 3. The van der Waals surface area contributed by atoms with Crippen molar-refractivity contribution in [2.45, 2.75) is 26.1 Å². The molecule has 0 aliphatic carbocycles. The van der Waals surface area contributed by atoms with Crippen molar-refractivity contribution in [3.8, 4) is 5.75 Å². The summed E-state index contributed by atoms with van der Waals surface area (Å²) >= 11 is 0. The molecule has 1 amide bonds. The molecule has 5 nitrogen and oxygen atoms in total. The number of nitrogens with zero attached hydrogens (tertiary/aromatic N) is 1. The van der Waals surface area contributed by atoms with E-state index in [9.17, 15) is 26.4 Å². The van der Waals surface area contributed by atoms with Gasteiger partial charge in [0.15, 0.2) is 16.4 Å². The van der Waals surface area contributed by atoms with Gasteiger partial charge in [0.25, 0.3) is 5.91 Å². The monoisotopic (exact) mass is 367 g/mol. The average molecular weight is 367 g/mol. The summed E-state index contributed by atoms with van der Waals surface area (Å²) in [6.45, 7) is 2.74. The van der Waals surface area contributed by atoms with Gasteiger partial charge in [0.1, 0.15) is 5.75 Å². The fourth-order valence-corrected chi connectivity index (χ4v) is 3.02. The molecule has 1 aromatic carbocycles. The number of carbonyl (C=O) groups excluding carboxylic acids is 1. The summed E-state index contributed by atoms with van der Waals surface area (Å²) in [5.74, 6) is -0.514. The van der Waals surface area contributed by atoms with E-state index in [0.29, 0.717) is 0 Å². The highest BCUT2D eigenvalue weighted by atomic mass is 32.2. The molecule has 0 aliphatic rings. The Labute approximate surface area is 139 Å². The van der Waals surface area contributed by atoms with Crippen molar-refractivity contribution >= 4 is 15.7 Å². The number of likely N-dealkylation sites (N-methyl/N-ethyl adjacent to an activating group) is 1. The first-order chi connectivity index (χ1) is 11.0. The topological polar surface area (TPSA) is 63.7 Å². The minimum atomic E-state index is -4.44. The molecule has 1 aromatic rings. The minimum Gasteiger partial charge on any atom is -0.484 e. The van der Waals surface area contributed by atoms with Crippen LogP contribution in [0.2, 0.25) is 0 Å². The molecule has 24 heavy (non-hydrogen) atoms. The summed E-state index contributed by atoms with van der Waals surface area (Å²) in [4.78, 5) is 13.2. The van der Waals surface area contributed by atoms with Crippen molar-refractivity contribution in [3.05, 3.63) is 29.8 Å². The maximum atomic E-state index is 12.4. The van der Waals surface area contributed by atoms with Crippen LogP contribution in [0.25, 0.3) is 0 Å². The number of ether oxygens (including phenoxy) is 1. The van der Waals surface area contributed by atoms with Crippen LogP contribution in [0.15, 0.2) is 24.3 Å². The molecule has 0 heterocycles. The van der Waals surface area contributed by atoms with Gasteiger partial charge in [-0.2, -0.15) is 13.2 Å². The van der Waals surface area contributed by atoms with Gasteiger partial charge in [-0.15, -0.1) is 0 Å². The van der Waals surface area contributed by atoms with E-state index in [0.717, 1.165) is 24.3 Å². The Morgan fingerprint density at radius 1 is 1.25 bits per heavy atom. The quantitative estimate of drug-likeness (QED) is 0.742. The van der Waals surface area contributed by atoms with Crippen molar-refractivity contribution in [2.75, 3.05) is 25.2 Å². The molecule has 1 rings (SSSR count). The molecule has 0 fully saturated rings. The maximum Gasteiger partial charge on any atom is 0.416 e. The van der Waals surface area contributed by atoms with E-state index in [2.05, 4.69) is 0 Å². The standard InChI is InChI=1S/C15H20F3NO4S/c1-4-24(21,22)10-11(2)19(3)14(20)9-23-13-7-5-12(6-8-13)15(16,17)18/h5-8,11H,4,9-10H2,1-3H3/t11-/m1/s1. The number of alkyl halides is 3. The molecular formula is C15H20F3NO4S. The molecule has 0 saturated carbocycles. The zero-order chi connectivity index (χ0) is 18.5. The fourth-order valence-electron chi connectivity index (χ4n) is 1.83. The lowest BCUT2D eigenvalue weighted by atomic mass is 10.2. The number of hydrogen-bond acceptors (Lipinski definition) is 4. The van der Waals surface area contributed by atoms with Crippen LogP contribution in [0, 0.1) is 0 Å². The third-order valence-electron chi connectivity index (χ3n) is 3.53. The van der Waals surface area contributed by atoms with Crippen molar-refractivity contribution in [2.24, 2.45) is 0 Å². The van der Waals surface area contributed by atoms with Gasteiger partial charge in [-0.05, 0) is 31.2 Å². The third kappa shape index (κ3) is 6.03. The smallest absolute Gasteiger partial charge is 0.416 e. The molecule has 0 unspecified atom stereocenters. The second-order valence-electron chi connectivity index (χ2n) is 5.36. The molecule has 0 aromatic heterocycles. The zero-order valence-corrected chi connectivity index (χ0v) is 14.4. The fraction of sp³-hybridized carbons (Fsp3) is 0.533. The molecule has 136 valence electrons. The summed E-state index contributed by atoms with van der Waals surface area (Å²) in [6.07, 6.45) is -4.44. The van der Waals surface area contributed by atoms with Crippen LogP contribution in [0.3, 0.4) is 0 Å². The molecule has 0 radical (unpaired) electrons. The van der Waals surface area contributed by atoms with Crippen LogP contribution < -0.4 is 4.74 Å². The van der Waals surface area contributed by atoms with Gasteiger partial charge in [0.2, 0.25) is 0 Å². The Hall–Kier alpha value is -1.77. The molecule has 0 bridgehead atoms. The summed E-state index contributed by atoms with van der Waals surface area (Å²) < 4.78 is 65.6. The van der Waals surface area contributed by atoms with Gasteiger partial charge >= 0.3 is 6.18 Å². The summed E-state index contributed by atoms with van der Waals surface area (Å²) in [5.41, 5.74) is -0.809. The second kappa shape index (κ2) is 7.87. The Balaban J connectivity index is 2.59. The summed E-state index contributed by atoms with van der Waals surface area (Å²) in [7, 11) is -1.77. The van der Waals surface area contributed by atoms with E-state index >= 15 is 0 Å². The van der Waals surface area contributed by atoms with Crippen LogP contribution in [0.1, 0.15) is 19.4 Å². The first kappa shape index (κ1) is 20.3.